The molecule has 0 saturated heterocycles. The van der Waals surface area contributed by atoms with Crippen molar-refractivity contribution in [2.75, 3.05) is 7.11 Å². The van der Waals surface area contributed by atoms with E-state index in [-0.39, 0.29) is 5.60 Å². The molecular weight excluding hydrogens is 264 g/mol. The molecule has 1 saturated carbocycles. The molecule has 0 heterocycles. The second kappa shape index (κ2) is 6.18. The summed E-state index contributed by atoms with van der Waals surface area (Å²) in [4.78, 5) is 11.9. The van der Waals surface area contributed by atoms with Gasteiger partial charge in [-0.3, -0.25) is 4.79 Å². The first-order valence-corrected chi connectivity index (χ1v) is 7.78. The first kappa shape index (κ1) is 16.0. The standard InChI is InChI=1S/C18H26O3/c1-17(2,21-3)13-14-8-7-9-15(12-14)18(16(19)20)10-5-4-6-11-18/h7-9,12H,4-6,10-11,13H2,1-3H3,(H,19,20). The lowest BCUT2D eigenvalue weighted by Crippen LogP contribution is -2.38. The van der Waals surface area contributed by atoms with Crippen molar-refractivity contribution in [3.05, 3.63) is 35.4 Å². The molecule has 1 aromatic rings. The van der Waals surface area contributed by atoms with Crippen LogP contribution in [0, 0.1) is 0 Å². The number of hydrogen-bond donors (Lipinski definition) is 1. The summed E-state index contributed by atoms with van der Waals surface area (Å²) in [7, 11) is 1.71. The van der Waals surface area contributed by atoms with E-state index in [1.807, 2.05) is 26.0 Å². The number of carboxylic acid groups (broad SMARTS) is 1. The summed E-state index contributed by atoms with van der Waals surface area (Å²) in [6.45, 7) is 4.10. The van der Waals surface area contributed by atoms with E-state index in [9.17, 15) is 9.90 Å². The molecule has 3 heteroatoms. The highest BCUT2D eigenvalue weighted by Gasteiger charge is 2.41. The molecule has 1 fully saturated rings. The van der Waals surface area contributed by atoms with Gasteiger partial charge in [-0.05, 0) is 37.8 Å². The van der Waals surface area contributed by atoms with Gasteiger partial charge in [-0.25, -0.2) is 0 Å². The lowest BCUT2D eigenvalue weighted by atomic mass is 9.69. The van der Waals surface area contributed by atoms with Crippen LogP contribution >= 0.6 is 0 Å². The zero-order valence-electron chi connectivity index (χ0n) is 13.3. The largest absolute Gasteiger partial charge is 0.481 e. The summed E-state index contributed by atoms with van der Waals surface area (Å²) in [6.07, 6.45) is 5.43. The number of aliphatic carboxylic acids is 1. The molecule has 1 aliphatic carbocycles. The molecule has 0 radical (unpaired) electrons. The number of carbonyl (C=O) groups is 1. The van der Waals surface area contributed by atoms with Gasteiger partial charge >= 0.3 is 5.97 Å². The van der Waals surface area contributed by atoms with Crippen molar-refractivity contribution in [2.24, 2.45) is 0 Å². The van der Waals surface area contributed by atoms with E-state index >= 15 is 0 Å². The van der Waals surface area contributed by atoms with Crippen LogP contribution in [0.3, 0.4) is 0 Å². The minimum Gasteiger partial charge on any atom is -0.481 e. The van der Waals surface area contributed by atoms with Crippen molar-refractivity contribution in [3.8, 4) is 0 Å². The first-order chi connectivity index (χ1) is 9.89. The van der Waals surface area contributed by atoms with Crippen molar-refractivity contribution < 1.29 is 14.6 Å². The Morgan fingerprint density at radius 1 is 1.29 bits per heavy atom. The van der Waals surface area contributed by atoms with E-state index in [0.717, 1.165) is 49.7 Å². The lowest BCUT2D eigenvalue weighted by molar-refractivity contribution is -0.145. The molecule has 21 heavy (non-hydrogen) atoms. The smallest absolute Gasteiger partial charge is 0.314 e. The van der Waals surface area contributed by atoms with Crippen LogP contribution < -0.4 is 0 Å². The normalized spacial score (nSPS) is 18.4. The molecule has 0 atom stereocenters. The van der Waals surface area contributed by atoms with Gasteiger partial charge in [-0.15, -0.1) is 0 Å². The highest BCUT2D eigenvalue weighted by atomic mass is 16.5. The van der Waals surface area contributed by atoms with Gasteiger partial charge < -0.3 is 9.84 Å². The predicted octanol–water partition coefficient (Wildman–Crippen LogP) is 3.94. The molecule has 0 aliphatic heterocycles. The van der Waals surface area contributed by atoms with Crippen LogP contribution in [0.2, 0.25) is 0 Å². The SMILES string of the molecule is COC(C)(C)Cc1cccc(C2(C(=O)O)CCCCC2)c1. The van der Waals surface area contributed by atoms with Crippen molar-refractivity contribution >= 4 is 5.97 Å². The lowest BCUT2D eigenvalue weighted by Gasteiger charge is -2.34. The average Bonchev–Trinajstić information content (AvgIpc) is 2.47. The minimum absolute atomic E-state index is 0.235. The van der Waals surface area contributed by atoms with Crippen molar-refractivity contribution in [1.82, 2.24) is 0 Å². The Kier molecular flexibility index (Phi) is 4.72. The number of rotatable bonds is 5. The third-order valence-corrected chi connectivity index (χ3v) is 4.78. The Bertz CT molecular complexity index is 499. The van der Waals surface area contributed by atoms with Crippen LogP contribution in [0.1, 0.15) is 57.1 Å². The molecule has 1 aliphatic rings. The molecule has 0 unspecified atom stereocenters. The fraction of sp³-hybridized carbons (Fsp3) is 0.611. The van der Waals surface area contributed by atoms with E-state index in [1.54, 1.807) is 7.11 Å². The Morgan fingerprint density at radius 2 is 1.95 bits per heavy atom. The summed E-state index contributed by atoms with van der Waals surface area (Å²) in [5.41, 5.74) is 1.18. The van der Waals surface area contributed by atoms with E-state index in [1.165, 1.54) is 0 Å². The monoisotopic (exact) mass is 290 g/mol. The number of hydrogen-bond acceptors (Lipinski definition) is 2. The van der Waals surface area contributed by atoms with Crippen LogP contribution in [-0.2, 0) is 21.4 Å². The Hall–Kier alpha value is -1.35. The quantitative estimate of drug-likeness (QED) is 0.893. The molecule has 0 spiro atoms. The third-order valence-electron chi connectivity index (χ3n) is 4.78. The van der Waals surface area contributed by atoms with Crippen LogP contribution in [0.25, 0.3) is 0 Å². The van der Waals surface area contributed by atoms with Gasteiger partial charge in [0.1, 0.15) is 0 Å². The van der Waals surface area contributed by atoms with E-state index in [0.29, 0.717) is 0 Å². The third kappa shape index (κ3) is 3.46. The van der Waals surface area contributed by atoms with Crippen LogP contribution in [-0.4, -0.2) is 23.8 Å². The van der Waals surface area contributed by atoms with Gasteiger partial charge in [0.2, 0.25) is 0 Å². The van der Waals surface area contributed by atoms with Gasteiger partial charge in [0.05, 0.1) is 11.0 Å². The number of ether oxygens (including phenoxy) is 1. The Morgan fingerprint density at radius 3 is 2.52 bits per heavy atom. The summed E-state index contributed by atoms with van der Waals surface area (Å²) < 4.78 is 5.48. The minimum atomic E-state index is -0.689. The van der Waals surface area contributed by atoms with Gasteiger partial charge in [0.15, 0.2) is 0 Å². The maximum Gasteiger partial charge on any atom is 0.314 e. The molecule has 116 valence electrons. The van der Waals surface area contributed by atoms with Crippen LogP contribution in [0.5, 0.6) is 0 Å². The van der Waals surface area contributed by atoms with Gasteiger partial charge in [-0.1, -0.05) is 43.5 Å². The Balaban J connectivity index is 2.32. The summed E-state index contributed by atoms with van der Waals surface area (Å²) in [6, 6.07) is 8.08. The number of methoxy groups -OCH3 is 1. The zero-order chi connectivity index (χ0) is 15.5. The van der Waals surface area contributed by atoms with Crippen molar-refractivity contribution in [1.29, 1.82) is 0 Å². The van der Waals surface area contributed by atoms with Crippen LogP contribution in [0.15, 0.2) is 24.3 Å². The molecule has 3 nitrogen and oxygen atoms in total. The van der Waals surface area contributed by atoms with Crippen LogP contribution in [0.4, 0.5) is 0 Å². The maximum atomic E-state index is 11.9. The summed E-state index contributed by atoms with van der Waals surface area (Å²) in [5, 5.41) is 9.79. The van der Waals surface area contributed by atoms with Crippen molar-refractivity contribution in [2.45, 2.75) is 63.4 Å². The topological polar surface area (TPSA) is 46.5 Å². The first-order valence-electron chi connectivity index (χ1n) is 7.78. The number of benzene rings is 1. The average molecular weight is 290 g/mol. The molecular formula is C18H26O3. The van der Waals surface area contributed by atoms with Crippen molar-refractivity contribution in [3.63, 3.8) is 0 Å². The maximum absolute atomic E-state index is 11.9. The summed E-state index contributed by atoms with van der Waals surface area (Å²) >= 11 is 0. The molecule has 1 N–H and O–H groups in total. The van der Waals surface area contributed by atoms with Gasteiger partial charge in [0.25, 0.3) is 0 Å². The molecule has 1 aromatic carbocycles. The Labute approximate surface area is 127 Å². The molecule has 0 aromatic heterocycles. The zero-order valence-corrected chi connectivity index (χ0v) is 13.3. The second-order valence-corrected chi connectivity index (χ2v) is 6.79. The number of carboxylic acids is 1. The molecule has 0 amide bonds. The second-order valence-electron chi connectivity index (χ2n) is 6.79. The highest BCUT2D eigenvalue weighted by Crippen LogP contribution is 2.40. The highest BCUT2D eigenvalue weighted by molar-refractivity contribution is 5.81. The van der Waals surface area contributed by atoms with E-state index in [2.05, 4.69) is 12.1 Å². The summed E-state index contributed by atoms with van der Waals surface area (Å²) in [5.74, 6) is -0.676. The van der Waals surface area contributed by atoms with E-state index in [4.69, 9.17) is 4.74 Å². The van der Waals surface area contributed by atoms with E-state index < -0.39 is 11.4 Å². The fourth-order valence-electron chi connectivity index (χ4n) is 3.32. The predicted molar refractivity (Wildman–Crippen MR) is 83.6 cm³/mol. The molecule has 0 bridgehead atoms. The van der Waals surface area contributed by atoms with Gasteiger partial charge in [0, 0.05) is 13.5 Å². The molecule has 2 rings (SSSR count). The van der Waals surface area contributed by atoms with Gasteiger partial charge in [-0.2, -0.15) is 0 Å². The fourth-order valence-corrected chi connectivity index (χ4v) is 3.32.